The first-order valence-corrected chi connectivity index (χ1v) is 10.9. The van der Waals surface area contributed by atoms with Crippen LogP contribution >= 0.6 is 0 Å². The van der Waals surface area contributed by atoms with Crippen LogP contribution in [0.3, 0.4) is 0 Å². The minimum absolute atomic E-state index is 0.114. The molecule has 2 aromatic rings. The van der Waals surface area contributed by atoms with E-state index in [2.05, 4.69) is 47.1 Å². The van der Waals surface area contributed by atoms with E-state index >= 15 is 0 Å². The maximum atomic E-state index is 6.22. The topological polar surface area (TPSA) is 34.2 Å². The van der Waals surface area contributed by atoms with E-state index in [-0.39, 0.29) is 5.41 Å². The molecular weight excluding hydrogens is 364 g/mol. The van der Waals surface area contributed by atoms with Crippen molar-refractivity contribution in [1.29, 1.82) is 0 Å². The molecule has 0 aliphatic carbocycles. The zero-order chi connectivity index (χ0) is 19.4. The molecule has 5 heteroatoms. The predicted octanol–water partition coefficient (Wildman–Crippen LogP) is 3.65. The maximum absolute atomic E-state index is 6.22. The van der Waals surface area contributed by atoms with Gasteiger partial charge in [0.15, 0.2) is 11.5 Å². The zero-order valence-corrected chi connectivity index (χ0v) is 17.0. The molecule has 0 saturated carbocycles. The Morgan fingerprint density at radius 3 is 2.59 bits per heavy atom. The van der Waals surface area contributed by atoms with Gasteiger partial charge in [0.1, 0.15) is 12.4 Å². The molecule has 1 fully saturated rings. The van der Waals surface area contributed by atoms with Crippen LogP contribution in [0, 0.1) is 5.92 Å². The Morgan fingerprint density at radius 1 is 0.966 bits per heavy atom. The quantitative estimate of drug-likeness (QED) is 0.797. The summed E-state index contributed by atoms with van der Waals surface area (Å²) >= 11 is 0. The van der Waals surface area contributed by atoms with Crippen molar-refractivity contribution in [2.45, 2.75) is 25.2 Å². The van der Waals surface area contributed by atoms with Crippen molar-refractivity contribution in [2.24, 2.45) is 5.92 Å². The van der Waals surface area contributed by atoms with Crippen LogP contribution < -0.4 is 19.1 Å². The predicted molar refractivity (Wildman–Crippen MR) is 112 cm³/mol. The van der Waals surface area contributed by atoms with Crippen LogP contribution in [0.4, 0.5) is 5.69 Å². The molecule has 1 spiro atoms. The molecule has 0 bridgehead atoms. The average Bonchev–Trinajstić information content (AvgIpc) is 3.45. The van der Waals surface area contributed by atoms with Gasteiger partial charge in [0.2, 0.25) is 6.79 Å². The SMILES string of the molecule is CCN1CCC(CN2CC3(COc4cc5c(cc43)OCO5)c3ccccc32)CC1. The number of para-hydroxylation sites is 1. The second-order valence-corrected chi connectivity index (χ2v) is 8.85. The third kappa shape index (κ3) is 2.63. The van der Waals surface area contributed by atoms with Crippen molar-refractivity contribution in [3.8, 4) is 17.2 Å². The molecule has 4 heterocycles. The van der Waals surface area contributed by atoms with E-state index in [0.717, 1.165) is 36.3 Å². The van der Waals surface area contributed by atoms with Crippen LogP contribution in [0.2, 0.25) is 0 Å². The molecule has 6 rings (SSSR count). The van der Waals surface area contributed by atoms with Gasteiger partial charge in [-0.25, -0.2) is 0 Å². The summed E-state index contributed by atoms with van der Waals surface area (Å²) in [7, 11) is 0. The van der Waals surface area contributed by atoms with Crippen molar-refractivity contribution in [3.63, 3.8) is 0 Å². The fourth-order valence-corrected chi connectivity index (χ4v) is 5.66. The summed E-state index contributed by atoms with van der Waals surface area (Å²) in [6.45, 7) is 9.01. The van der Waals surface area contributed by atoms with Crippen LogP contribution in [0.25, 0.3) is 0 Å². The number of ether oxygens (including phenoxy) is 3. The second-order valence-electron chi connectivity index (χ2n) is 8.85. The molecule has 0 radical (unpaired) electrons. The third-order valence-corrected chi connectivity index (χ3v) is 7.32. The van der Waals surface area contributed by atoms with Gasteiger partial charge in [-0.15, -0.1) is 0 Å². The van der Waals surface area contributed by atoms with Crippen molar-refractivity contribution in [1.82, 2.24) is 4.90 Å². The Labute approximate surface area is 172 Å². The minimum atomic E-state index is -0.114. The van der Waals surface area contributed by atoms with Gasteiger partial charge >= 0.3 is 0 Å². The van der Waals surface area contributed by atoms with Gasteiger partial charge in [0, 0.05) is 30.4 Å². The highest BCUT2D eigenvalue weighted by molar-refractivity contribution is 5.70. The number of likely N-dealkylation sites (tertiary alicyclic amines) is 1. The van der Waals surface area contributed by atoms with E-state index < -0.39 is 0 Å². The first-order chi connectivity index (χ1) is 14.3. The largest absolute Gasteiger partial charge is 0.492 e. The molecular formula is C24H28N2O3. The first-order valence-electron chi connectivity index (χ1n) is 10.9. The van der Waals surface area contributed by atoms with Gasteiger partial charge in [-0.05, 0) is 56.1 Å². The lowest BCUT2D eigenvalue weighted by molar-refractivity contribution is 0.173. The Balaban J connectivity index is 1.33. The van der Waals surface area contributed by atoms with E-state index in [4.69, 9.17) is 14.2 Å². The summed E-state index contributed by atoms with van der Waals surface area (Å²) in [5.41, 5.74) is 3.90. The van der Waals surface area contributed by atoms with Gasteiger partial charge in [-0.2, -0.15) is 0 Å². The van der Waals surface area contributed by atoms with Crippen molar-refractivity contribution in [2.75, 3.05) is 51.0 Å². The van der Waals surface area contributed by atoms with E-state index in [1.165, 1.54) is 49.3 Å². The molecule has 29 heavy (non-hydrogen) atoms. The molecule has 152 valence electrons. The van der Waals surface area contributed by atoms with Crippen molar-refractivity contribution < 1.29 is 14.2 Å². The van der Waals surface area contributed by atoms with Crippen molar-refractivity contribution in [3.05, 3.63) is 47.5 Å². The maximum Gasteiger partial charge on any atom is 0.231 e. The third-order valence-electron chi connectivity index (χ3n) is 7.32. The fourth-order valence-electron chi connectivity index (χ4n) is 5.66. The Hall–Kier alpha value is -2.40. The lowest BCUT2D eigenvalue weighted by Crippen LogP contribution is -2.41. The van der Waals surface area contributed by atoms with E-state index in [0.29, 0.717) is 13.4 Å². The number of anilines is 1. The molecule has 0 amide bonds. The van der Waals surface area contributed by atoms with Crippen LogP contribution in [-0.2, 0) is 5.41 Å². The number of rotatable bonds is 3. The fraction of sp³-hybridized carbons (Fsp3) is 0.500. The summed E-state index contributed by atoms with van der Waals surface area (Å²) in [4.78, 5) is 5.18. The Kier molecular flexibility index (Phi) is 3.95. The lowest BCUT2D eigenvalue weighted by atomic mass is 9.77. The number of hydrogen-bond acceptors (Lipinski definition) is 5. The standard InChI is InChI=1S/C24H28N2O3/c1-2-25-9-7-17(8-10-25)13-26-14-24(18-5-3-4-6-20(18)26)15-27-21-12-23-22(11-19(21)24)28-16-29-23/h3-6,11-12,17H,2,7-10,13-16H2,1H3. The second kappa shape index (κ2) is 6.56. The number of hydrogen-bond donors (Lipinski definition) is 0. The van der Waals surface area contributed by atoms with Crippen molar-refractivity contribution >= 4 is 5.69 Å². The van der Waals surface area contributed by atoms with Crippen LogP contribution in [0.1, 0.15) is 30.9 Å². The smallest absolute Gasteiger partial charge is 0.231 e. The van der Waals surface area contributed by atoms with Gasteiger partial charge in [-0.3, -0.25) is 0 Å². The number of benzene rings is 2. The van der Waals surface area contributed by atoms with Gasteiger partial charge in [0.05, 0.1) is 5.41 Å². The van der Waals surface area contributed by atoms with E-state index in [1.54, 1.807) is 0 Å². The molecule has 1 atom stereocenters. The number of fused-ring (bicyclic) bond motifs is 5. The summed E-state index contributed by atoms with van der Waals surface area (Å²) in [6, 6.07) is 13.1. The zero-order valence-electron chi connectivity index (χ0n) is 17.0. The Morgan fingerprint density at radius 2 is 1.76 bits per heavy atom. The van der Waals surface area contributed by atoms with E-state index in [1.807, 2.05) is 6.07 Å². The van der Waals surface area contributed by atoms with Gasteiger partial charge in [0.25, 0.3) is 0 Å². The lowest BCUT2D eigenvalue weighted by Gasteiger charge is -2.34. The summed E-state index contributed by atoms with van der Waals surface area (Å²) in [5.74, 6) is 3.35. The monoisotopic (exact) mass is 392 g/mol. The molecule has 1 unspecified atom stereocenters. The molecule has 4 aliphatic rings. The van der Waals surface area contributed by atoms with Gasteiger partial charge in [-0.1, -0.05) is 25.1 Å². The average molecular weight is 392 g/mol. The molecule has 0 N–H and O–H groups in total. The van der Waals surface area contributed by atoms with Crippen LogP contribution in [0.15, 0.2) is 36.4 Å². The minimum Gasteiger partial charge on any atom is -0.492 e. The normalized spacial score (nSPS) is 25.3. The summed E-state index contributed by atoms with van der Waals surface area (Å²) in [6.07, 6.45) is 2.59. The first kappa shape index (κ1) is 17.5. The highest BCUT2D eigenvalue weighted by Crippen LogP contribution is 2.54. The molecule has 4 aliphatic heterocycles. The molecule has 0 aromatic heterocycles. The Bertz CT molecular complexity index is 938. The van der Waals surface area contributed by atoms with E-state index in [9.17, 15) is 0 Å². The summed E-state index contributed by atoms with van der Waals surface area (Å²) < 4.78 is 17.5. The highest BCUT2D eigenvalue weighted by Gasteiger charge is 2.50. The highest BCUT2D eigenvalue weighted by atomic mass is 16.7. The molecule has 2 aromatic carbocycles. The van der Waals surface area contributed by atoms with Crippen LogP contribution in [-0.4, -0.2) is 51.0 Å². The number of piperidine rings is 1. The number of nitrogens with zero attached hydrogens (tertiary/aromatic N) is 2. The molecule has 1 saturated heterocycles. The summed E-state index contributed by atoms with van der Waals surface area (Å²) in [5, 5.41) is 0. The van der Waals surface area contributed by atoms with Crippen LogP contribution in [0.5, 0.6) is 17.2 Å². The molecule has 5 nitrogen and oxygen atoms in total. The van der Waals surface area contributed by atoms with Gasteiger partial charge < -0.3 is 24.0 Å².